The molecule has 3 aliphatic heterocycles. The van der Waals surface area contributed by atoms with Crippen molar-refractivity contribution in [2.75, 3.05) is 45.8 Å². The number of hydrogen-bond acceptors (Lipinski definition) is 5. The largest absolute Gasteiger partial charge is 0.350 e. The lowest BCUT2D eigenvalue weighted by Gasteiger charge is -2.45. The maximum Gasteiger partial charge on any atom is 0.224 e. The van der Waals surface area contributed by atoms with Crippen LogP contribution in [0.4, 0.5) is 0 Å². The lowest BCUT2D eigenvalue weighted by molar-refractivity contribution is -0.127. The van der Waals surface area contributed by atoms with Crippen molar-refractivity contribution in [3.63, 3.8) is 0 Å². The van der Waals surface area contributed by atoms with E-state index in [-0.39, 0.29) is 11.8 Å². The van der Waals surface area contributed by atoms with E-state index in [1.807, 2.05) is 18.2 Å². The Balaban J connectivity index is 1.21. The number of nitrogens with one attached hydrogen (secondary N) is 1. The molecule has 6 heteroatoms. The van der Waals surface area contributed by atoms with Gasteiger partial charge in [-0.15, -0.1) is 0 Å². The van der Waals surface area contributed by atoms with Gasteiger partial charge in [0.1, 0.15) is 0 Å². The fourth-order valence-electron chi connectivity index (χ4n) is 5.59. The van der Waals surface area contributed by atoms with E-state index in [4.69, 9.17) is 0 Å². The summed E-state index contributed by atoms with van der Waals surface area (Å²) in [4.78, 5) is 25.0. The zero-order valence-electron chi connectivity index (χ0n) is 18.6. The first-order valence-corrected chi connectivity index (χ1v) is 12.1. The van der Waals surface area contributed by atoms with Gasteiger partial charge in [-0.05, 0) is 89.9 Å². The molecule has 0 radical (unpaired) electrons. The zero-order chi connectivity index (χ0) is 20.8. The summed E-state index contributed by atoms with van der Waals surface area (Å²) in [5.74, 6) is 0.323. The SMILES string of the molecule is CCN1CCC(N2CCC(N3CCC[C@H](C(=O)NCc4ccccn4)C3)CC2)CC1. The van der Waals surface area contributed by atoms with Crippen LogP contribution in [-0.4, -0.2) is 83.5 Å². The molecule has 0 aromatic carbocycles. The van der Waals surface area contributed by atoms with Crippen LogP contribution in [0.1, 0.15) is 51.1 Å². The van der Waals surface area contributed by atoms with E-state index >= 15 is 0 Å². The van der Waals surface area contributed by atoms with E-state index in [1.165, 1.54) is 58.4 Å². The Kier molecular flexibility index (Phi) is 7.74. The van der Waals surface area contributed by atoms with Crippen LogP contribution in [0.5, 0.6) is 0 Å². The van der Waals surface area contributed by atoms with Gasteiger partial charge in [0, 0.05) is 24.8 Å². The topological polar surface area (TPSA) is 51.7 Å². The van der Waals surface area contributed by atoms with Gasteiger partial charge in [-0.2, -0.15) is 0 Å². The quantitative estimate of drug-likeness (QED) is 0.776. The number of likely N-dealkylation sites (tertiary alicyclic amines) is 3. The highest BCUT2D eigenvalue weighted by Crippen LogP contribution is 2.27. The molecule has 3 saturated heterocycles. The first kappa shape index (κ1) is 21.7. The van der Waals surface area contributed by atoms with Crippen LogP contribution in [0.3, 0.4) is 0 Å². The third-order valence-corrected chi connectivity index (χ3v) is 7.53. The standard InChI is InChI=1S/C24H39N5O/c1-2-27-14-8-22(9-15-27)28-16-10-23(11-17-28)29-13-5-6-20(19-29)24(30)26-18-21-7-3-4-12-25-21/h3-4,7,12,20,22-23H,2,5-6,8-11,13-19H2,1H3,(H,26,30)/t20-/m0/s1. The Bertz CT molecular complexity index is 653. The molecule has 166 valence electrons. The van der Waals surface area contributed by atoms with Crippen molar-refractivity contribution in [2.24, 2.45) is 5.92 Å². The molecule has 0 saturated carbocycles. The summed E-state index contributed by atoms with van der Waals surface area (Å²) in [7, 11) is 0. The molecule has 30 heavy (non-hydrogen) atoms. The Hall–Kier alpha value is -1.50. The number of rotatable bonds is 6. The minimum absolute atomic E-state index is 0.124. The summed E-state index contributed by atoms with van der Waals surface area (Å²) in [6.07, 6.45) is 9.12. The van der Waals surface area contributed by atoms with Gasteiger partial charge in [-0.3, -0.25) is 14.7 Å². The van der Waals surface area contributed by atoms with Crippen molar-refractivity contribution >= 4 is 5.91 Å². The highest BCUT2D eigenvalue weighted by molar-refractivity contribution is 5.78. The molecule has 1 atom stereocenters. The van der Waals surface area contributed by atoms with Crippen molar-refractivity contribution in [3.8, 4) is 0 Å². The first-order valence-electron chi connectivity index (χ1n) is 12.1. The van der Waals surface area contributed by atoms with E-state index < -0.39 is 0 Å². The Morgan fingerprint density at radius 3 is 2.43 bits per heavy atom. The molecular weight excluding hydrogens is 374 g/mol. The highest BCUT2D eigenvalue weighted by atomic mass is 16.1. The Morgan fingerprint density at radius 1 is 1.00 bits per heavy atom. The normalized spacial score (nSPS) is 26.0. The van der Waals surface area contributed by atoms with Crippen molar-refractivity contribution < 1.29 is 4.79 Å². The van der Waals surface area contributed by atoms with Gasteiger partial charge < -0.3 is 15.1 Å². The second kappa shape index (κ2) is 10.7. The number of amides is 1. The summed E-state index contributed by atoms with van der Waals surface area (Å²) < 4.78 is 0. The predicted molar refractivity (Wildman–Crippen MR) is 120 cm³/mol. The van der Waals surface area contributed by atoms with Gasteiger partial charge in [0.15, 0.2) is 0 Å². The highest BCUT2D eigenvalue weighted by Gasteiger charge is 2.33. The molecule has 1 N–H and O–H groups in total. The van der Waals surface area contributed by atoms with Crippen LogP contribution in [0.15, 0.2) is 24.4 Å². The molecular formula is C24H39N5O. The van der Waals surface area contributed by atoms with E-state index in [1.54, 1.807) is 6.20 Å². The smallest absolute Gasteiger partial charge is 0.224 e. The van der Waals surface area contributed by atoms with E-state index in [0.29, 0.717) is 12.6 Å². The minimum Gasteiger partial charge on any atom is -0.350 e. The van der Waals surface area contributed by atoms with Crippen molar-refractivity contribution in [3.05, 3.63) is 30.1 Å². The Morgan fingerprint density at radius 2 is 1.73 bits per heavy atom. The number of piperidine rings is 3. The molecule has 1 aromatic rings. The fourth-order valence-corrected chi connectivity index (χ4v) is 5.59. The molecule has 0 bridgehead atoms. The molecule has 3 fully saturated rings. The van der Waals surface area contributed by atoms with Crippen LogP contribution < -0.4 is 5.32 Å². The second-order valence-electron chi connectivity index (χ2n) is 9.31. The average Bonchev–Trinajstić information content (AvgIpc) is 2.83. The maximum atomic E-state index is 12.7. The lowest BCUT2D eigenvalue weighted by Crippen LogP contribution is -2.53. The third kappa shape index (κ3) is 5.59. The fraction of sp³-hybridized carbons (Fsp3) is 0.750. The van der Waals surface area contributed by atoms with Crippen molar-refractivity contribution in [1.29, 1.82) is 0 Å². The summed E-state index contributed by atoms with van der Waals surface area (Å²) >= 11 is 0. The molecule has 6 nitrogen and oxygen atoms in total. The molecule has 0 unspecified atom stereocenters. The number of hydrogen-bond donors (Lipinski definition) is 1. The van der Waals surface area contributed by atoms with Gasteiger partial charge in [-0.25, -0.2) is 0 Å². The van der Waals surface area contributed by atoms with Crippen LogP contribution in [0.25, 0.3) is 0 Å². The number of pyridine rings is 1. The molecule has 0 aliphatic carbocycles. The van der Waals surface area contributed by atoms with Gasteiger partial charge in [0.25, 0.3) is 0 Å². The number of carbonyl (C=O) groups excluding carboxylic acids is 1. The van der Waals surface area contributed by atoms with Crippen LogP contribution in [0.2, 0.25) is 0 Å². The third-order valence-electron chi connectivity index (χ3n) is 7.53. The summed E-state index contributed by atoms with van der Waals surface area (Å²) in [5, 5.41) is 3.11. The van der Waals surface area contributed by atoms with E-state index in [2.05, 4.69) is 31.9 Å². The molecule has 3 aliphatic rings. The molecule has 4 heterocycles. The molecule has 1 aromatic heterocycles. The number of nitrogens with zero attached hydrogens (tertiary/aromatic N) is 4. The summed E-state index contributed by atoms with van der Waals surface area (Å²) in [6, 6.07) is 7.29. The van der Waals surface area contributed by atoms with Crippen LogP contribution >= 0.6 is 0 Å². The summed E-state index contributed by atoms with van der Waals surface area (Å²) in [5.41, 5.74) is 0.927. The monoisotopic (exact) mass is 413 g/mol. The van der Waals surface area contributed by atoms with Gasteiger partial charge in [0.2, 0.25) is 5.91 Å². The first-order chi connectivity index (χ1) is 14.7. The molecule has 0 spiro atoms. The molecule has 4 rings (SSSR count). The van der Waals surface area contributed by atoms with Gasteiger partial charge >= 0.3 is 0 Å². The lowest BCUT2D eigenvalue weighted by atomic mass is 9.92. The van der Waals surface area contributed by atoms with E-state index in [0.717, 1.165) is 37.7 Å². The number of aromatic nitrogens is 1. The zero-order valence-corrected chi connectivity index (χ0v) is 18.6. The maximum absolute atomic E-state index is 12.7. The van der Waals surface area contributed by atoms with Gasteiger partial charge in [-0.1, -0.05) is 13.0 Å². The predicted octanol–water partition coefficient (Wildman–Crippen LogP) is 2.36. The summed E-state index contributed by atoms with van der Waals surface area (Å²) in [6.45, 7) is 11.1. The van der Waals surface area contributed by atoms with E-state index in [9.17, 15) is 4.79 Å². The molecule has 1 amide bonds. The van der Waals surface area contributed by atoms with Crippen LogP contribution in [0, 0.1) is 5.92 Å². The van der Waals surface area contributed by atoms with Crippen LogP contribution in [-0.2, 0) is 11.3 Å². The minimum atomic E-state index is 0.124. The van der Waals surface area contributed by atoms with Crippen molar-refractivity contribution in [1.82, 2.24) is 25.0 Å². The Labute approximate surface area is 182 Å². The number of carbonyl (C=O) groups is 1. The average molecular weight is 414 g/mol. The van der Waals surface area contributed by atoms with Crippen molar-refractivity contribution in [2.45, 2.75) is 64.1 Å². The van der Waals surface area contributed by atoms with Gasteiger partial charge in [0.05, 0.1) is 18.2 Å². The second-order valence-corrected chi connectivity index (χ2v) is 9.31.